The Bertz CT molecular complexity index is 465. The quantitative estimate of drug-likeness (QED) is 0.789. The molecule has 3 nitrogen and oxygen atoms in total. The SMILES string of the molecule is CC(=O)c1sc(CN2CCCCCC2)nc1C(C)(C)C. The summed E-state index contributed by atoms with van der Waals surface area (Å²) >= 11 is 1.59. The Balaban J connectivity index is 2.18. The highest BCUT2D eigenvalue weighted by Crippen LogP contribution is 2.30. The van der Waals surface area contributed by atoms with Gasteiger partial charge in [-0.05, 0) is 25.9 Å². The van der Waals surface area contributed by atoms with E-state index in [4.69, 9.17) is 4.98 Å². The number of ketones is 1. The number of Topliss-reactive ketones (excluding diaryl/α,β-unsaturated/α-hetero) is 1. The molecule has 0 saturated carbocycles. The van der Waals surface area contributed by atoms with Gasteiger partial charge < -0.3 is 0 Å². The van der Waals surface area contributed by atoms with Crippen molar-refractivity contribution >= 4 is 17.1 Å². The summed E-state index contributed by atoms with van der Waals surface area (Å²) in [6, 6.07) is 0. The first-order chi connectivity index (χ1) is 9.38. The molecule has 0 atom stereocenters. The second-order valence-electron chi connectivity index (χ2n) is 6.78. The van der Waals surface area contributed by atoms with Gasteiger partial charge in [-0.2, -0.15) is 0 Å². The molecule has 0 unspecified atom stereocenters. The van der Waals surface area contributed by atoms with E-state index in [0.717, 1.165) is 22.1 Å². The molecule has 20 heavy (non-hydrogen) atoms. The van der Waals surface area contributed by atoms with Crippen LogP contribution in [-0.4, -0.2) is 28.8 Å². The third kappa shape index (κ3) is 3.89. The molecule has 1 fully saturated rings. The molecule has 0 N–H and O–H groups in total. The maximum Gasteiger partial charge on any atom is 0.171 e. The lowest BCUT2D eigenvalue weighted by molar-refractivity contribution is 0.101. The molecule has 0 aromatic carbocycles. The molecule has 112 valence electrons. The number of rotatable bonds is 3. The lowest BCUT2D eigenvalue weighted by Crippen LogP contribution is -2.24. The maximum absolute atomic E-state index is 11.8. The van der Waals surface area contributed by atoms with E-state index in [-0.39, 0.29) is 11.2 Å². The van der Waals surface area contributed by atoms with Crippen LogP contribution in [0.25, 0.3) is 0 Å². The molecule has 0 radical (unpaired) electrons. The Hall–Kier alpha value is -0.740. The van der Waals surface area contributed by atoms with Crippen LogP contribution in [0.15, 0.2) is 0 Å². The van der Waals surface area contributed by atoms with E-state index in [1.165, 1.54) is 38.8 Å². The summed E-state index contributed by atoms with van der Waals surface area (Å²) in [6.07, 6.45) is 5.27. The Kier molecular flexibility index (Phi) is 4.97. The topological polar surface area (TPSA) is 33.2 Å². The molecule has 1 saturated heterocycles. The first-order valence-electron chi connectivity index (χ1n) is 7.61. The largest absolute Gasteiger partial charge is 0.297 e. The fourth-order valence-electron chi connectivity index (χ4n) is 2.66. The van der Waals surface area contributed by atoms with Crippen molar-refractivity contribution in [3.05, 3.63) is 15.6 Å². The van der Waals surface area contributed by atoms with E-state index in [0.29, 0.717) is 0 Å². The van der Waals surface area contributed by atoms with Crippen molar-refractivity contribution < 1.29 is 4.79 Å². The van der Waals surface area contributed by atoms with Gasteiger partial charge in [-0.1, -0.05) is 33.6 Å². The molecule has 1 aliphatic rings. The van der Waals surface area contributed by atoms with E-state index >= 15 is 0 Å². The molecule has 1 aliphatic heterocycles. The van der Waals surface area contributed by atoms with E-state index in [1.54, 1.807) is 18.3 Å². The zero-order chi connectivity index (χ0) is 14.8. The minimum absolute atomic E-state index is 0.0610. The molecule has 0 spiro atoms. The third-order valence-corrected chi connectivity index (χ3v) is 4.90. The van der Waals surface area contributed by atoms with Crippen molar-refractivity contribution in [3.63, 3.8) is 0 Å². The number of carbonyl (C=O) groups excluding carboxylic acids is 1. The highest BCUT2D eigenvalue weighted by atomic mass is 32.1. The number of hydrogen-bond acceptors (Lipinski definition) is 4. The summed E-state index contributed by atoms with van der Waals surface area (Å²) in [5, 5.41) is 1.10. The van der Waals surface area contributed by atoms with E-state index < -0.39 is 0 Å². The minimum Gasteiger partial charge on any atom is -0.297 e. The molecule has 0 aliphatic carbocycles. The van der Waals surface area contributed by atoms with Crippen LogP contribution >= 0.6 is 11.3 Å². The third-order valence-electron chi connectivity index (χ3n) is 3.76. The average molecular weight is 294 g/mol. The van der Waals surface area contributed by atoms with Crippen LogP contribution in [-0.2, 0) is 12.0 Å². The fraction of sp³-hybridized carbons (Fsp3) is 0.750. The Morgan fingerprint density at radius 2 is 1.80 bits per heavy atom. The summed E-state index contributed by atoms with van der Waals surface area (Å²) in [7, 11) is 0. The monoisotopic (exact) mass is 294 g/mol. The highest BCUT2D eigenvalue weighted by molar-refractivity contribution is 7.13. The van der Waals surface area contributed by atoms with Crippen molar-refractivity contribution in [2.24, 2.45) is 0 Å². The van der Waals surface area contributed by atoms with Gasteiger partial charge in [-0.3, -0.25) is 9.69 Å². The second-order valence-corrected chi connectivity index (χ2v) is 7.87. The fourth-order valence-corrected chi connectivity index (χ4v) is 3.88. The van der Waals surface area contributed by atoms with Gasteiger partial charge in [0.1, 0.15) is 5.01 Å². The van der Waals surface area contributed by atoms with Gasteiger partial charge in [0.2, 0.25) is 0 Å². The number of carbonyl (C=O) groups is 1. The molecule has 2 heterocycles. The number of aromatic nitrogens is 1. The number of thiazole rings is 1. The van der Waals surface area contributed by atoms with E-state index in [2.05, 4.69) is 25.7 Å². The van der Waals surface area contributed by atoms with Crippen LogP contribution in [0.4, 0.5) is 0 Å². The summed E-state index contributed by atoms with van der Waals surface area (Å²) in [4.78, 5) is 20.0. The molecule has 2 rings (SSSR count). The maximum atomic E-state index is 11.8. The summed E-state index contributed by atoms with van der Waals surface area (Å²) in [5.41, 5.74) is 0.911. The first kappa shape index (κ1) is 15.6. The lowest BCUT2D eigenvalue weighted by atomic mass is 9.91. The molecular weight excluding hydrogens is 268 g/mol. The Morgan fingerprint density at radius 3 is 2.25 bits per heavy atom. The van der Waals surface area contributed by atoms with Crippen LogP contribution in [0.3, 0.4) is 0 Å². The highest BCUT2D eigenvalue weighted by Gasteiger charge is 2.26. The van der Waals surface area contributed by atoms with Crippen molar-refractivity contribution in [2.75, 3.05) is 13.1 Å². The normalized spacial score (nSPS) is 18.0. The van der Waals surface area contributed by atoms with Crippen LogP contribution in [0.1, 0.15) is 73.8 Å². The minimum atomic E-state index is -0.0610. The van der Waals surface area contributed by atoms with Crippen molar-refractivity contribution in [2.45, 2.75) is 65.3 Å². The number of nitrogens with zero attached hydrogens (tertiary/aromatic N) is 2. The van der Waals surface area contributed by atoms with Gasteiger partial charge in [-0.25, -0.2) is 4.98 Å². The van der Waals surface area contributed by atoms with Crippen molar-refractivity contribution in [1.82, 2.24) is 9.88 Å². The first-order valence-corrected chi connectivity index (χ1v) is 8.43. The summed E-state index contributed by atoms with van der Waals surface area (Å²) in [6.45, 7) is 11.3. The zero-order valence-electron chi connectivity index (χ0n) is 13.2. The van der Waals surface area contributed by atoms with E-state index in [1.807, 2.05) is 0 Å². The molecule has 1 aromatic heterocycles. The van der Waals surface area contributed by atoms with Crippen LogP contribution in [0.5, 0.6) is 0 Å². The molecule has 4 heteroatoms. The van der Waals surface area contributed by atoms with E-state index in [9.17, 15) is 4.79 Å². The average Bonchev–Trinajstić information content (AvgIpc) is 2.61. The molecular formula is C16H26N2OS. The number of likely N-dealkylation sites (tertiary alicyclic amines) is 1. The Morgan fingerprint density at radius 1 is 1.20 bits per heavy atom. The predicted octanol–water partition coefficient (Wildman–Crippen LogP) is 4.02. The second kappa shape index (κ2) is 6.35. The van der Waals surface area contributed by atoms with Crippen LogP contribution in [0.2, 0.25) is 0 Å². The lowest BCUT2D eigenvalue weighted by Gasteiger charge is -2.18. The van der Waals surface area contributed by atoms with Gasteiger partial charge in [0.15, 0.2) is 5.78 Å². The summed E-state index contributed by atoms with van der Waals surface area (Å²) in [5.74, 6) is 0.148. The van der Waals surface area contributed by atoms with Gasteiger partial charge in [0.25, 0.3) is 0 Å². The summed E-state index contributed by atoms with van der Waals surface area (Å²) < 4.78 is 0. The van der Waals surface area contributed by atoms with Gasteiger partial charge >= 0.3 is 0 Å². The Labute approximate surface area is 126 Å². The smallest absolute Gasteiger partial charge is 0.171 e. The van der Waals surface area contributed by atoms with Gasteiger partial charge in [0, 0.05) is 12.3 Å². The van der Waals surface area contributed by atoms with Crippen molar-refractivity contribution in [3.8, 4) is 0 Å². The standard InChI is InChI=1S/C16H26N2OS/c1-12(19)14-15(16(2,3)4)17-13(20-14)11-18-9-7-5-6-8-10-18/h5-11H2,1-4H3. The molecule has 0 bridgehead atoms. The van der Waals surface area contributed by atoms with Crippen LogP contribution < -0.4 is 0 Å². The van der Waals surface area contributed by atoms with Crippen LogP contribution in [0, 0.1) is 0 Å². The molecule has 0 amide bonds. The van der Waals surface area contributed by atoms with Gasteiger partial charge in [-0.15, -0.1) is 11.3 Å². The van der Waals surface area contributed by atoms with Gasteiger partial charge in [0.05, 0.1) is 17.1 Å². The van der Waals surface area contributed by atoms with Crippen molar-refractivity contribution in [1.29, 1.82) is 0 Å². The number of hydrogen-bond donors (Lipinski definition) is 0. The predicted molar refractivity (Wildman–Crippen MR) is 84.6 cm³/mol. The molecule has 1 aromatic rings. The zero-order valence-corrected chi connectivity index (χ0v) is 14.0.